The SMILES string of the molecule is Cc1nc(NCc2ccncc2)cc(-c2ccccn2)n1. The van der Waals surface area contributed by atoms with Crippen molar-refractivity contribution in [3.8, 4) is 11.4 Å². The third-order valence-corrected chi connectivity index (χ3v) is 2.99. The molecule has 0 fully saturated rings. The molecule has 0 aliphatic carbocycles. The number of aromatic nitrogens is 4. The first kappa shape index (κ1) is 13.2. The van der Waals surface area contributed by atoms with Gasteiger partial charge in [0.15, 0.2) is 0 Å². The second-order valence-electron chi connectivity index (χ2n) is 4.61. The van der Waals surface area contributed by atoms with Gasteiger partial charge in [0.25, 0.3) is 0 Å². The smallest absolute Gasteiger partial charge is 0.130 e. The van der Waals surface area contributed by atoms with Gasteiger partial charge in [0.2, 0.25) is 0 Å². The van der Waals surface area contributed by atoms with Gasteiger partial charge in [-0.2, -0.15) is 0 Å². The first-order chi connectivity index (χ1) is 10.3. The molecule has 3 aromatic rings. The molecule has 0 bridgehead atoms. The maximum Gasteiger partial charge on any atom is 0.130 e. The summed E-state index contributed by atoms with van der Waals surface area (Å²) >= 11 is 0. The lowest BCUT2D eigenvalue weighted by Gasteiger charge is -2.08. The van der Waals surface area contributed by atoms with Crippen LogP contribution in [0.5, 0.6) is 0 Å². The van der Waals surface area contributed by atoms with E-state index in [0.717, 1.165) is 28.6 Å². The number of pyridine rings is 2. The number of rotatable bonds is 4. The van der Waals surface area contributed by atoms with E-state index < -0.39 is 0 Å². The molecule has 0 saturated heterocycles. The summed E-state index contributed by atoms with van der Waals surface area (Å²) in [5.74, 6) is 1.51. The molecule has 0 aliphatic rings. The maximum atomic E-state index is 4.44. The Balaban J connectivity index is 1.82. The highest BCUT2D eigenvalue weighted by Crippen LogP contribution is 2.17. The minimum atomic E-state index is 0.695. The van der Waals surface area contributed by atoms with Gasteiger partial charge >= 0.3 is 0 Å². The first-order valence-electron chi connectivity index (χ1n) is 6.71. The molecule has 1 N–H and O–H groups in total. The van der Waals surface area contributed by atoms with Crippen molar-refractivity contribution in [2.45, 2.75) is 13.5 Å². The first-order valence-corrected chi connectivity index (χ1v) is 6.71. The largest absolute Gasteiger partial charge is 0.366 e. The van der Waals surface area contributed by atoms with Crippen LogP contribution in [0.15, 0.2) is 55.0 Å². The van der Waals surface area contributed by atoms with Crippen LogP contribution in [0, 0.1) is 6.92 Å². The summed E-state index contributed by atoms with van der Waals surface area (Å²) in [5, 5.41) is 3.31. The van der Waals surface area contributed by atoms with Crippen LogP contribution in [0.4, 0.5) is 5.82 Å². The van der Waals surface area contributed by atoms with Crippen molar-refractivity contribution in [3.05, 3.63) is 66.4 Å². The Morgan fingerprint density at radius 3 is 2.57 bits per heavy atom. The fraction of sp³-hybridized carbons (Fsp3) is 0.125. The number of hydrogen-bond acceptors (Lipinski definition) is 5. The lowest BCUT2D eigenvalue weighted by atomic mass is 10.2. The zero-order chi connectivity index (χ0) is 14.5. The Hall–Kier alpha value is -2.82. The number of nitrogens with zero attached hydrogens (tertiary/aromatic N) is 4. The second-order valence-corrected chi connectivity index (χ2v) is 4.61. The van der Waals surface area contributed by atoms with Gasteiger partial charge in [0.1, 0.15) is 11.6 Å². The molecule has 0 atom stereocenters. The molecule has 3 heterocycles. The van der Waals surface area contributed by atoms with E-state index >= 15 is 0 Å². The molecule has 0 spiro atoms. The molecule has 5 nitrogen and oxygen atoms in total. The molecule has 3 aromatic heterocycles. The maximum absolute atomic E-state index is 4.44. The van der Waals surface area contributed by atoms with E-state index in [9.17, 15) is 0 Å². The van der Waals surface area contributed by atoms with Crippen LogP contribution in [-0.4, -0.2) is 19.9 Å². The van der Waals surface area contributed by atoms with Crippen LogP contribution in [0.3, 0.4) is 0 Å². The van der Waals surface area contributed by atoms with Crippen LogP contribution in [0.1, 0.15) is 11.4 Å². The van der Waals surface area contributed by atoms with E-state index in [4.69, 9.17) is 0 Å². The Labute approximate surface area is 123 Å². The van der Waals surface area contributed by atoms with E-state index in [1.165, 1.54) is 0 Å². The predicted molar refractivity (Wildman–Crippen MR) is 81.6 cm³/mol. The molecule has 0 radical (unpaired) electrons. The van der Waals surface area contributed by atoms with Crippen molar-refractivity contribution in [3.63, 3.8) is 0 Å². The van der Waals surface area contributed by atoms with Crippen molar-refractivity contribution in [2.75, 3.05) is 5.32 Å². The zero-order valence-corrected chi connectivity index (χ0v) is 11.7. The highest BCUT2D eigenvalue weighted by atomic mass is 15.0. The van der Waals surface area contributed by atoms with E-state index in [2.05, 4.69) is 25.3 Å². The number of aryl methyl sites for hydroxylation is 1. The molecule has 0 amide bonds. The second kappa shape index (κ2) is 6.09. The van der Waals surface area contributed by atoms with Crippen LogP contribution < -0.4 is 5.32 Å². The summed E-state index contributed by atoms with van der Waals surface area (Å²) in [4.78, 5) is 17.2. The van der Waals surface area contributed by atoms with E-state index in [-0.39, 0.29) is 0 Å². The summed E-state index contributed by atoms with van der Waals surface area (Å²) in [7, 11) is 0. The quantitative estimate of drug-likeness (QED) is 0.794. The van der Waals surface area contributed by atoms with Gasteiger partial charge in [-0.3, -0.25) is 9.97 Å². The molecule has 3 rings (SSSR count). The summed E-state index contributed by atoms with van der Waals surface area (Å²) in [6.45, 7) is 2.57. The molecular formula is C16H15N5. The molecule has 21 heavy (non-hydrogen) atoms. The Morgan fingerprint density at radius 2 is 1.81 bits per heavy atom. The van der Waals surface area contributed by atoms with Crippen LogP contribution in [0.2, 0.25) is 0 Å². The standard InChI is InChI=1S/C16H15N5/c1-12-20-15(14-4-2-3-7-18-14)10-16(21-12)19-11-13-5-8-17-9-6-13/h2-10H,11H2,1H3,(H,19,20,21). The molecule has 0 saturated carbocycles. The zero-order valence-electron chi connectivity index (χ0n) is 11.7. The van der Waals surface area contributed by atoms with Gasteiger partial charge in [-0.1, -0.05) is 6.07 Å². The highest BCUT2D eigenvalue weighted by molar-refractivity contribution is 5.58. The Bertz CT molecular complexity index is 713. The van der Waals surface area contributed by atoms with Crippen LogP contribution in [-0.2, 0) is 6.54 Å². The molecule has 5 heteroatoms. The molecular weight excluding hydrogens is 262 g/mol. The minimum Gasteiger partial charge on any atom is -0.366 e. The van der Waals surface area contributed by atoms with Gasteiger partial charge in [0, 0.05) is 31.2 Å². The number of nitrogens with one attached hydrogen (secondary N) is 1. The average molecular weight is 277 g/mol. The van der Waals surface area contributed by atoms with E-state index in [1.54, 1.807) is 18.6 Å². The summed E-state index contributed by atoms with van der Waals surface area (Å²) in [6.07, 6.45) is 5.32. The van der Waals surface area contributed by atoms with E-state index in [1.807, 2.05) is 43.3 Å². The van der Waals surface area contributed by atoms with Crippen molar-refractivity contribution < 1.29 is 0 Å². The lowest BCUT2D eigenvalue weighted by molar-refractivity contribution is 1.02. The fourth-order valence-electron chi connectivity index (χ4n) is 2.00. The Kier molecular flexibility index (Phi) is 3.82. The van der Waals surface area contributed by atoms with E-state index in [0.29, 0.717) is 6.54 Å². The predicted octanol–water partition coefficient (Wildman–Crippen LogP) is 2.85. The summed E-state index contributed by atoms with van der Waals surface area (Å²) in [5.41, 5.74) is 2.82. The number of anilines is 1. The van der Waals surface area contributed by atoms with Gasteiger partial charge in [-0.25, -0.2) is 9.97 Å². The molecule has 0 aromatic carbocycles. The third-order valence-electron chi connectivity index (χ3n) is 2.99. The fourth-order valence-corrected chi connectivity index (χ4v) is 2.00. The molecule has 0 unspecified atom stereocenters. The summed E-state index contributed by atoms with van der Waals surface area (Å²) in [6, 6.07) is 11.6. The van der Waals surface area contributed by atoms with Crippen molar-refractivity contribution in [2.24, 2.45) is 0 Å². The summed E-state index contributed by atoms with van der Waals surface area (Å²) < 4.78 is 0. The van der Waals surface area contributed by atoms with Crippen LogP contribution >= 0.6 is 0 Å². The molecule has 104 valence electrons. The van der Waals surface area contributed by atoms with Gasteiger partial charge < -0.3 is 5.32 Å². The van der Waals surface area contributed by atoms with Crippen molar-refractivity contribution in [1.29, 1.82) is 0 Å². The van der Waals surface area contributed by atoms with Gasteiger partial charge in [0.05, 0.1) is 11.4 Å². The number of hydrogen-bond donors (Lipinski definition) is 1. The van der Waals surface area contributed by atoms with Gasteiger partial charge in [-0.05, 0) is 36.8 Å². The lowest BCUT2D eigenvalue weighted by Crippen LogP contribution is -2.04. The Morgan fingerprint density at radius 1 is 0.952 bits per heavy atom. The average Bonchev–Trinajstić information content (AvgIpc) is 2.54. The monoisotopic (exact) mass is 277 g/mol. The molecule has 0 aliphatic heterocycles. The van der Waals surface area contributed by atoms with Crippen molar-refractivity contribution in [1.82, 2.24) is 19.9 Å². The van der Waals surface area contributed by atoms with Gasteiger partial charge in [-0.15, -0.1) is 0 Å². The minimum absolute atomic E-state index is 0.695. The van der Waals surface area contributed by atoms with Crippen molar-refractivity contribution >= 4 is 5.82 Å². The third kappa shape index (κ3) is 3.39. The van der Waals surface area contributed by atoms with Crippen LogP contribution in [0.25, 0.3) is 11.4 Å². The topological polar surface area (TPSA) is 63.6 Å². The normalized spacial score (nSPS) is 10.3. The highest BCUT2D eigenvalue weighted by Gasteiger charge is 2.05.